The van der Waals surface area contributed by atoms with Crippen molar-refractivity contribution in [3.8, 4) is 11.9 Å². The molecule has 1 aromatic carbocycles. The average Bonchev–Trinajstić information content (AvgIpc) is 3.52. The molecule has 0 aromatic heterocycles. The minimum absolute atomic E-state index is 0.0373. The molecule has 1 saturated carbocycles. The monoisotopic (exact) mass is 499 g/mol. The van der Waals surface area contributed by atoms with E-state index < -0.39 is 0 Å². The van der Waals surface area contributed by atoms with Crippen LogP contribution in [0.1, 0.15) is 83.8 Å². The van der Waals surface area contributed by atoms with Crippen LogP contribution < -0.4 is 15.4 Å². The van der Waals surface area contributed by atoms with Crippen molar-refractivity contribution in [1.29, 1.82) is 5.26 Å². The summed E-state index contributed by atoms with van der Waals surface area (Å²) in [4.78, 5) is 30.6. The Morgan fingerprint density at radius 1 is 1.17 bits per heavy atom. The van der Waals surface area contributed by atoms with E-state index in [1.165, 1.54) is 45.2 Å². The van der Waals surface area contributed by atoms with E-state index in [9.17, 15) is 9.59 Å². The van der Waals surface area contributed by atoms with Gasteiger partial charge >= 0.3 is 0 Å². The van der Waals surface area contributed by atoms with Crippen LogP contribution in [0.15, 0.2) is 24.3 Å². The van der Waals surface area contributed by atoms with E-state index in [0.717, 1.165) is 48.1 Å². The summed E-state index contributed by atoms with van der Waals surface area (Å²) in [7, 11) is 1.62. The number of hydrogen-bond donors (Lipinski definition) is 2. The fourth-order valence-electron chi connectivity index (χ4n) is 4.50. The van der Waals surface area contributed by atoms with Crippen LogP contribution in [-0.2, 0) is 14.4 Å². The number of carbonyl (C=O) groups is 3. The van der Waals surface area contributed by atoms with E-state index in [0.29, 0.717) is 12.3 Å². The first-order valence-electron chi connectivity index (χ1n) is 13.0. The van der Waals surface area contributed by atoms with E-state index in [4.69, 9.17) is 14.8 Å². The SMILES string of the molecule is CCC1CCCC1CC.CCC1CCNC1=O.COc1cccc(C)c1/C=C/C(C)=O.N#CNC=O. The Morgan fingerprint density at radius 2 is 1.81 bits per heavy atom. The molecule has 1 aliphatic heterocycles. The number of methoxy groups -OCH3 is 1. The van der Waals surface area contributed by atoms with Gasteiger partial charge in [-0.2, -0.15) is 5.26 Å². The molecule has 7 heteroatoms. The van der Waals surface area contributed by atoms with Crippen LogP contribution in [0.4, 0.5) is 0 Å². The minimum atomic E-state index is 0.0373. The summed E-state index contributed by atoms with van der Waals surface area (Å²) in [6.07, 6.45) is 14.4. The van der Waals surface area contributed by atoms with Crippen molar-refractivity contribution in [2.75, 3.05) is 13.7 Å². The molecule has 2 fully saturated rings. The van der Waals surface area contributed by atoms with Crippen molar-refractivity contribution < 1.29 is 19.1 Å². The number of hydrogen-bond acceptors (Lipinski definition) is 5. The number of benzene rings is 1. The predicted molar refractivity (Wildman–Crippen MR) is 145 cm³/mol. The molecular formula is C29H45N3O4. The van der Waals surface area contributed by atoms with Gasteiger partial charge in [0.15, 0.2) is 12.0 Å². The predicted octanol–water partition coefficient (Wildman–Crippen LogP) is 5.57. The number of nitrogens with one attached hydrogen (secondary N) is 2. The molecule has 1 saturated heterocycles. The highest BCUT2D eigenvalue weighted by Crippen LogP contribution is 2.35. The van der Waals surface area contributed by atoms with Gasteiger partial charge in [-0.25, -0.2) is 0 Å². The zero-order valence-electron chi connectivity index (χ0n) is 22.9. The molecule has 1 aromatic rings. The van der Waals surface area contributed by atoms with E-state index in [2.05, 4.69) is 26.1 Å². The molecule has 3 atom stereocenters. The molecule has 1 heterocycles. The van der Waals surface area contributed by atoms with Crippen molar-refractivity contribution in [2.24, 2.45) is 17.8 Å². The second-order valence-electron chi connectivity index (χ2n) is 8.96. The number of carbonyl (C=O) groups excluding carboxylic acids is 3. The van der Waals surface area contributed by atoms with E-state index in [1.54, 1.807) is 24.6 Å². The van der Waals surface area contributed by atoms with Crippen molar-refractivity contribution in [3.63, 3.8) is 0 Å². The minimum Gasteiger partial charge on any atom is -0.496 e. The Hall–Kier alpha value is -3.14. The highest BCUT2D eigenvalue weighted by molar-refractivity contribution is 5.92. The number of rotatable bonds is 7. The lowest BCUT2D eigenvalue weighted by Gasteiger charge is -2.14. The van der Waals surface area contributed by atoms with Crippen LogP contribution in [0.5, 0.6) is 5.75 Å². The number of allylic oxidation sites excluding steroid dienone is 1. The lowest BCUT2D eigenvalue weighted by molar-refractivity contribution is -0.122. The molecule has 1 aliphatic carbocycles. The molecule has 0 bridgehead atoms. The van der Waals surface area contributed by atoms with Gasteiger partial charge in [-0.15, -0.1) is 0 Å². The van der Waals surface area contributed by atoms with Crippen LogP contribution in [-0.4, -0.2) is 31.8 Å². The number of nitriles is 1. The van der Waals surface area contributed by atoms with Gasteiger partial charge in [0, 0.05) is 18.0 Å². The topological polar surface area (TPSA) is 108 Å². The fourth-order valence-corrected chi connectivity index (χ4v) is 4.50. The third kappa shape index (κ3) is 13.1. The van der Waals surface area contributed by atoms with Crippen molar-refractivity contribution >= 4 is 24.2 Å². The lowest BCUT2D eigenvalue weighted by Crippen LogP contribution is -2.18. The quantitative estimate of drug-likeness (QED) is 0.220. The Labute approximate surface area is 217 Å². The molecule has 36 heavy (non-hydrogen) atoms. The number of aryl methyl sites for hydroxylation is 1. The molecule has 0 spiro atoms. The molecule has 0 radical (unpaired) electrons. The van der Waals surface area contributed by atoms with Gasteiger partial charge in [0.2, 0.25) is 12.3 Å². The molecule has 3 unspecified atom stereocenters. The van der Waals surface area contributed by atoms with Gasteiger partial charge in [0.05, 0.1) is 7.11 Å². The number of ether oxygens (including phenoxy) is 1. The summed E-state index contributed by atoms with van der Waals surface area (Å²) in [6.45, 7) is 11.1. The molecule has 2 N–H and O–H groups in total. The number of ketones is 1. The molecule has 2 amide bonds. The van der Waals surface area contributed by atoms with Gasteiger partial charge in [-0.1, -0.05) is 65.0 Å². The molecule has 200 valence electrons. The molecule has 2 aliphatic rings. The standard InChI is InChI=1S/C12H14O2.C9H18.C6H11NO.C2H2N2O/c1-9-5-4-6-12(14-3)11(9)8-7-10(2)13;1-3-8-6-5-7-9(8)4-2;1-2-5-3-4-7-6(5)8;3-1-4-2-5/h4-8H,1-3H3;8-9H,3-7H2,1-2H3;5H,2-4H2,1H3,(H,7,8);2H,(H,4,5)/b8-7+;;;. The van der Waals surface area contributed by atoms with E-state index in [-0.39, 0.29) is 11.7 Å². The van der Waals surface area contributed by atoms with E-state index >= 15 is 0 Å². The first-order chi connectivity index (χ1) is 17.3. The molecule has 3 rings (SSSR count). The van der Waals surface area contributed by atoms with Crippen LogP contribution in [0.3, 0.4) is 0 Å². The van der Waals surface area contributed by atoms with Crippen LogP contribution in [0, 0.1) is 36.1 Å². The third-order valence-corrected chi connectivity index (χ3v) is 6.63. The maximum atomic E-state index is 10.8. The zero-order chi connectivity index (χ0) is 27.3. The maximum Gasteiger partial charge on any atom is 0.223 e. The van der Waals surface area contributed by atoms with E-state index in [1.807, 2.05) is 25.1 Å². The average molecular weight is 500 g/mol. The first kappa shape index (κ1) is 32.9. The third-order valence-electron chi connectivity index (χ3n) is 6.63. The van der Waals surface area contributed by atoms with Crippen LogP contribution in [0.2, 0.25) is 0 Å². The Bertz CT molecular complexity index is 851. The fraction of sp³-hybridized carbons (Fsp3) is 0.586. The largest absolute Gasteiger partial charge is 0.496 e. The highest BCUT2D eigenvalue weighted by Gasteiger charge is 2.23. The lowest BCUT2D eigenvalue weighted by atomic mass is 9.92. The number of amides is 2. The van der Waals surface area contributed by atoms with Gasteiger partial charge in [-0.3, -0.25) is 19.7 Å². The second kappa shape index (κ2) is 20.1. The second-order valence-corrected chi connectivity index (χ2v) is 8.96. The smallest absolute Gasteiger partial charge is 0.223 e. The summed E-state index contributed by atoms with van der Waals surface area (Å²) < 4.78 is 5.20. The van der Waals surface area contributed by atoms with Crippen LogP contribution >= 0.6 is 0 Å². The zero-order valence-corrected chi connectivity index (χ0v) is 22.9. The first-order valence-corrected chi connectivity index (χ1v) is 13.0. The maximum absolute atomic E-state index is 10.8. The van der Waals surface area contributed by atoms with Gasteiger partial charge in [0.1, 0.15) is 5.75 Å². The van der Waals surface area contributed by atoms with Crippen molar-refractivity contribution in [2.45, 2.75) is 79.6 Å². The summed E-state index contributed by atoms with van der Waals surface area (Å²) in [5.41, 5.74) is 2.06. The Kier molecular flexibility index (Phi) is 18.3. The summed E-state index contributed by atoms with van der Waals surface area (Å²) in [5.74, 6) is 3.55. The molecular weight excluding hydrogens is 454 g/mol. The van der Waals surface area contributed by atoms with Crippen molar-refractivity contribution in [3.05, 3.63) is 35.4 Å². The van der Waals surface area contributed by atoms with Crippen LogP contribution in [0.25, 0.3) is 6.08 Å². The summed E-state index contributed by atoms with van der Waals surface area (Å²) in [6, 6.07) is 5.80. The van der Waals surface area contributed by atoms with Crippen molar-refractivity contribution in [1.82, 2.24) is 10.6 Å². The Balaban J connectivity index is 0.000000485. The Morgan fingerprint density at radius 3 is 2.17 bits per heavy atom. The summed E-state index contributed by atoms with van der Waals surface area (Å²) in [5, 5.41) is 12.0. The molecule has 7 nitrogen and oxygen atoms in total. The van der Waals surface area contributed by atoms with Gasteiger partial charge in [-0.05, 0) is 62.3 Å². The van der Waals surface area contributed by atoms with Gasteiger partial charge in [0.25, 0.3) is 0 Å². The normalized spacial score (nSPS) is 19.8. The highest BCUT2D eigenvalue weighted by atomic mass is 16.5. The number of nitrogens with zero attached hydrogens (tertiary/aromatic N) is 1. The summed E-state index contributed by atoms with van der Waals surface area (Å²) >= 11 is 0. The van der Waals surface area contributed by atoms with Gasteiger partial charge < -0.3 is 10.1 Å².